The number of piperidine rings is 1. The first-order chi connectivity index (χ1) is 6.51. The number of halogens is 3. The minimum atomic E-state index is -4.05. The first-order valence-electron chi connectivity index (χ1n) is 4.91. The summed E-state index contributed by atoms with van der Waals surface area (Å²) in [5.41, 5.74) is 0. The van der Waals surface area contributed by atoms with Crippen molar-refractivity contribution >= 4 is 0 Å². The maximum absolute atomic E-state index is 11.9. The first-order valence-corrected chi connectivity index (χ1v) is 4.91. The normalized spacial score (nSPS) is 21.4. The molecule has 0 bridgehead atoms. The molecule has 1 heterocycles. The van der Waals surface area contributed by atoms with Crippen LogP contribution in [0.4, 0.5) is 13.2 Å². The number of rotatable bonds is 3. The maximum Gasteiger partial charge on any atom is 0.390 e. The van der Waals surface area contributed by atoms with Gasteiger partial charge in [-0.1, -0.05) is 0 Å². The quantitative estimate of drug-likeness (QED) is 0.767. The van der Waals surface area contributed by atoms with Gasteiger partial charge in [-0.05, 0) is 31.8 Å². The van der Waals surface area contributed by atoms with Crippen molar-refractivity contribution in [2.75, 3.05) is 26.2 Å². The topological polar surface area (TPSA) is 23.5 Å². The van der Waals surface area contributed by atoms with Gasteiger partial charge in [0.15, 0.2) is 0 Å². The Hall–Kier alpha value is -0.290. The van der Waals surface area contributed by atoms with E-state index in [1.54, 1.807) is 0 Å². The predicted molar refractivity (Wildman–Crippen MR) is 46.9 cm³/mol. The molecule has 0 spiro atoms. The standard InChI is InChI=1S/C9H16F3NO/c10-9(11,12)3-6-13-4-1-8(7-14)2-5-13/h8,14H,1-7H2. The van der Waals surface area contributed by atoms with Gasteiger partial charge in [-0.25, -0.2) is 0 Å². The second-order valence-corrected chi connectivity index (χ2v) is 3.83. The molecule has 0 atom stereocenters. The third-order valence-electron chi connectivity index (χ3n) is 2.68. The van der Waals surface area contributed by atoms with Crippen LogP contribution in [-0.2, 0) is 0 Å². The molecule has 0 aromatic carbocycles. The highest BCUT2D eigenvalue weighted by Crippen LogP contribution is 2.22. The van der Waals surface area contributed by atoms with E-state index in [4.69, 9.17) is 5.11 Å². The van der Waals surface area contributed by atoms with Crippen LogP contribution in [0.15, 0.2) is 0 Å². The monoisotopic (exact) mass is 211 g/mol. The second kappa shape index (κ2) is 4.98. The Morgan fingerprint density at radius 2 is 1.79 bits per heavy atom. The van der Waals surface area contributed by atoms with Crippen LogP contribution in [0, 0.1) is 5.92 Å². The van der Waals surface area contributed by atoms with Crippen LogP contribution < -0.4 is 0 Å². The molecule has 0 saturated carbocycles. The largest absolute Gasteiger partial charge is 0.396 e. The van der Waals surface area contributed by atoms with E-state index in [1.807, 2.05) is 4.90 Å². The lowest BCUT2D eigenvalue weighted by Crippen LogP contribution is -2.36. The van der Waals surface area contributed by atoms with Gasteiger partial charge in [0.25, 0.3) is 0 Å². The molecule has 1 saturated heterocycles. The fourth-order valence-electron chi connectivity index (χ4n) is 1.68. The van der Waals surface area contributed by atoms with E-state index >= 15 is 0 Å². The summed E-state index contributed by atoms with van der Waals surface area (Å²) in [6, 6.07) is 0. The summed E-state index contributed by atoms with van der Waals surface area (Å²) in [5.74, 6) is 0.289. The maximum atomic E-state index is 11.9. The Labute approximate surface area is 81.7 Å². The van der Waals surface area contributed by atoms with Crippen LogP contribution in [0.1, 0.15) is 19.3 Å². The summed E-state index contributed by atoms with van der Waals surface area (Å²) in [5, 5.41) is 8.84. The summed E-state index contributed by atoms with van der Waals surface area (Å²) in [4.78, 5) is 1.82. The minimum Gasteiger partial charge on any atom is -0.396 e. The Morgan fingerprint density at radius 3 is 2.21 bits per heavy atom. The highest BCUT2D eigenvalue weighted by Gasteiger charge is 2.28. The van der Waals surface area contributed by atoms with Crippen LogP contribution in [0.2, 0.25) is 0 Å². The van der Waals surface area contributed by atoms with E-state index in [0.717, 1.165) is 12.8 Å². The molecule has 1 aliphatic heterocycles. The Balaban J connectivity index is 2.16. The number of likely N-dealkylation sites (tertiary alicyclic amines) is 1. The summed E-state index contributed by atoms with van der Waals surface area (Å²) < 4.78 is 35.7. The number of hydrogen-bond donors (Lipinski definition) is 1. The zero-order chi connectivity index (χ0) is 10.6. The van der Waals surface area contributed by atoms with Gasteiger partial charge in [-0.3, -0.25) is 0 Å². The molecule has 0 aliphatic carbocycles. The van der Waals surface area contributed by atoms with Gasteiger partial charge in [-0.15, -0.1) is 0 Å². The van der Waals surface area contributed by atoms with E-state index in [-0.39, 0.29) is 19.1 Å². The molecular formula is C9H16F3NO. The molecule has 0 amide bonds. The van der Waals surface area contributed by atoms with Crippen molar-refractivity contribution in [3.63, 3.8) is 0 Å². The van der Waals surface area contributed by atoms with Gasteiger partial charge >= 0.3 is 6.18 Å². The molecule has 1 rings (SSSR count). The average Bonchev–Trinajstić information content (AvgIpc) is 2.14. The van der Waals surface area contributed by atoms with Crippen molar-refractivity contribution in [1.82, 2.24) is 4.90 Å². The summed E-state index contributed by atoms with van der Waals surface area (Å²) in [7, 11) is 0. The van der Waals surface area contributed by atoms with Gasteiger partial charge in [0.05, 0.1) is 6.42 Å². The van der Waals surface area contributed by atoms with Crippen LogP contribution in [0.25, 0.3) is 0 Å². The third kappa shape index (κ3) is 4.28. The molecule has 1 aliphatic rings. The molecule has 2 nitrogen and oxygen atoms in total. The Bertz CT molecular complexity index is 164. The number of hydrogen-bond acceptors (Lipinski definition) is 2. The summed E-state index contributed by atoms with van der Waals surface area (Å²) in [6.07, 6.45) is -3.15. The van der Waals surface area contributed by atoms with Crippen molar-refractivity contribution < 1.29 is 18.3 Å². The van der Waals surface area contributed by atoms with Crippen molar-refractivity contribution in [1.29, 1.82) is 0 Å². The van der Waals surface area contributed by atoms with Gasteiger partial charge < -0.3 is 10.0 Å². The molecular weight excluding hydrogens is 195 g/mol. The van der Waals surface area contributed by atoms with E-state index in [1.165, 1.54) is 0 Å². The molecule has 0 unspecified atom stereocenters. The van der Waals surface area contributed by atoms with Gasteiger partial charge in [0.2, 0.25) is 0 Å². The van der Waals surface area contributed by atoms with Crippen LogP contribution in [0.3, 0.4) is 0 Å². The SMILES string of the molecule is OCC1CCN(CCC(F)(F)F)CC1. The fourth-order valence-corrected chi connectivity index (χ4v) is 1.68. The smallest absolute Gasteiger partial charge is 0.390 e. The van der Waals surface area contributed by atoms with Crippen molar-refractivity contribution in [3.05, 3.63) is 0 Å². The molecule has 84 valence electrons. The number of alkyl halides is 3. The van der Waals surface area contributed by atoms with Crippen LogP contribution in [-0.4, -0.2) is 42.4 Å². The molecule has 0 aromatic rings. The van der Waals surface area contributed by atoms with Gasteiger partial charge in [-0.2, -0.15) is 13.2 Å². The van der Waals surface area contributed by atoms with Gasteiger partial charge in [0.1, 0.15) is 0 Å². The molecule has 14 heavy (non-hydrogen) atoms. The van der Waals surface area contributed by atoms with Crippen LogP contribution >= 0.6 is 0 Å². The zero-order valence-electron chi connectivity index (χ0n) is 8.06. The van der Waals surface area contributed by atoms with E-state index in [9.17, 15) is 13.2 Å². The van der Waals surface area contributed by atoms with Crippen LogP contribution in [0.5, 0.6) is 0 Å². The van der Waals surface area contributed by atoms with E-state index in [2.05, 4.69) is 0 Å². The molecule has 0 radical (unpaired) electrons. The van der Waals surface area contributed by atoms with Crippen molar-refractivity contribution in [2.45, 2.75) is 25.4 Å². The molecule has 1 N–H and O–H groups in total. The number of nitrogens with zero attached hydrogens (tertiary/aromatic N) is 1. The molecule has 0 aromatic heterocycles. The number of aliphatic hydroxyl groups excluding tert-OH is 1. The Morgan fingerprint density at radius 1 is 1.21 bits per heavy atom. The van der Waals surface area contributed by atoms with Crippen molar-refractivity contribution in [3.8, 4) is 0 Å². The predicted octanol–water partition coefficient (Wildman–Crippen LogP) is 1.64. The van der Waals surface area contributed by atoms with E-state index < -0.39 is 12.6 Å². The number of aliphatic hydroxyl groups is 1. The van der Waals surface area contributed by atoms with Gasteiger partial charge in [0, 0.05) is 13.2 Å². The third-order valence-corrected chi connectivity index (χ3v) is 2.68. The minimum absolute atomic E-state index is 0.0989. The van der Waals surface area contributed by atoms with E-state index in [0.29, 0.717) is 13.1 Å². The first kappa shape index (κ1) is 11.8. The summed E-state index contributed by atoms with van der Waals surface area (Å²) >= 11 is 0. The Kier molecular flexibility index (Phi) is 4.19. The molecule has 1 fully saturated rings. The second-order valence-electron chi connectivity index (χ2n) is 3.83. The summed E-state index contributed by atoms with van der Waals surface area (Å²) in [6.45, 7) is 1.62. The molecule has 5 heteroatoms. The lowest BCUT2D eigenvalue weighted by atomic mass is 9.98. The zero-order valence-corrected chi connectivity index (χ0v) is 8.06. The van der Waals surface area contributed by atoms with Crippen molar-refractivity contribution in [2.24, 2.45) is 5.92 Å². The lowest BCUT2D eigenvalue weighted by molar-refractivity contribution is -0.138. The highest BCUT2D eigenvalue weighted by molar-refractivity contribution is 4.72. The fraction of sp³-hybridized carbons (Fsp3) is 1.00. The average molecular weight is 211 g/mol. The highest BCUT2D eigenvalue weighted by atomic mass is 19.4. The lowest BCUT2D eigenvalue weighted by Gasteiger charge is -2.31.